The Balaban J connectivity index is 1.31. The number of rotatable bonds is 7. The smallest absolute Gasteiger partial charge is 0.253 e. The molecular weight excluding hydrogens is 509 g/mol. The standard InChI is InChI=1S/C29H29Cl2N3O3/c1-3-20-4-6-21(7-5-20)29(36)34-16-14-33(15-17-34)25-11-9-24(10-12-25)32-27(35)13-8-22-18-23(30)19-26(31)28(22)37-2/h4-13,18-19H,3,14-17H2,1-2H3,(H,32,35)/b13-8+. The molecule has 1 aliphatic heterocycles. The summed E-state index contributed by atoms with van der Waals surface area (Å²) < 4.78 is 5.30. The van der Waals surface area contributed by atoms with Gasteiger partial charge < -0.3 is 19.9 Å². The van der Waals surface area contributed by atoms with Gasteiger partial charge in [0.05, 0.1) is 12.1 Å². The van der Waals surface area contributed by atoms with Crippen LogP contribution in [0.3, 0.4) is 0 Å². The largest absolute Gasteiger partial charge is 0.495 e. The van der Waals surface area contributed by atoms with Crippen molar-refractivity contribution in [2.45, 2.75) is 13.3 Å². The molecule has 1 N–H and O–H groups in total. The van der Waals surface area contributed by atoms with Crippen molar-refractivity contribution in [1.29, 1.82) is 0 Å². The van der Waals surface area contributed by atoms with Gasteiger partial charge in [-0.15, -0.1) is 0 Å². The molecule has 1 saturated heterocycles. The van der Waals surface area contributed by atoms with Crippen LogP contribution in [0.25, 0.3) is 6.08 Å². The van der Waals surface area contributed by atoms with Crippen LogP contribution in [0.15, 0.2) is 66.7 Å². The Morgan fingerprint density at radius 2 is 1.65 bits per heavy atom. The second kappa shape index (κ2) is 12.2. The molecule has 2 amide bonds. The summed E-state index contributed by atoms with van der Waals surface area (Å²) >= 11 is 12.2. The summed E-state index contributed by atoms with van der Waals surface area (Å²) in [5.74, 6) is 0.242. The van der Waals surface area contributed by atoms with Gasteiger partial charge in [0.2, 0.25) is 5.91 Å². The van der Waals surface area contributed by atoms with Crippen LogP contribution in [-0.2, 0) is 11.2 Å². The number of hydrogen-bond donors (Lipinski definition) is 1. The van der Waals surface area contributed by atoms with Gasteiger partial charge in [0, 0.05) is 59.8 Å². The second-order valence-corrected chi connectivity index (χ2v) is 9.55. The zero-order chi connectivity index (χ0) is 26.4. The van der Waals surface area contributed by atoms with E-state index in [2.05, 4.69) is 17.1 Å². The Morgan fingerprint density at radius 3 is 2.27 bits per heavy atom. The van der Waals surface area contributed by atoms with Gasteiger partial charge in [-0.25, -0.2) is 0 Å². The van der Waals surface area contributed by atoms with Crippen LogP contribution in [0.2, 0.25) is 10.0 Å². The minimum atomic E-state index is -0.287. The lowest BCUT2D eigenvalue weighted by Crippen LogP contribution is -2.48. The van der Waals surface area contributed by atoms with Gasteiger partial charge in [-0.3, -0.25) is 9.59 Å². The number of halogens is 2. The van der Waals surface area contributed by atoms with E-state index in [1.165, 1.54) is 18.7 Å². The third kappa shape index (κ3) is 6.64. The molecule has 0 aliphatic carbocycles. The number of hydrogen-bond acceptors (Lipinski definition) is 4. The molecule has 1 heterocycles. The van der Waals surface area contributed by atoms with Crippen molar-refractivity contribution < 1.29 is 14.3 Å². The van der Waals surface area contributed by atoms with Crippen LogP contribution in [0.4, 0.5) is 11.4 Å². The number of nitrogens with one attached hydrogen (secondary N) is 1. The highest BCUT2D eigenvalue weighted by molar-refractivity contribution is 6.36. The molecule has 0 spiro atoms. The van der Waals surface area contributed by atoms with Gasteiger partial charge in [-0.05, 0) is 66.6 Å². The van der Waals surface area contributed by atoms with Gasteiger partial charge in [0.1, 0.15) is 5.75 Å². The van der Waals surface area contributed by atoms with Crippen LogP contribution in [0, 0.1) is 0 Å². The summed E-state index contributed by atoms with van der Waals surface area (Å²) in [7, 11) is 1.51. The lowest BCUT2D eigenvalue weighted by molar-refractivity contribution is -0.111. The SMILES string of the molecule is CCc1ccc(C(=O)N2CCN(c3ccc(NC(=O)/C=C/c4cc(Cl)cc(Cl)c4OC)cc3)CC2)cc1. The summed E-state index contributed by atoms with van der Waals surface area (Å²) in [6.07, 6.45) is 3.98. The van der Waals surface area contributed by atoms with Crippen molar-refractivity contribution in [3.63, 3.8) is 0 Å². The normalized spacial score (nSPS) is 13.6. The number of carbonyl (C=O) groups is 2. The first kappa shape index (κ1) is 26.6. The molecule has 1 aliphatic rings. The Bertz CT molecular complexity index is 1280. The molecule has 0 saturated carbocycles. The maximum atomic E-state index is 12.8. The molecule has 192 valence electrons. The molecule has 3 aromatic carbocycles. The van der Waals surface area contributed by atoms with E-state index >= 15 is 0 Å². The lowest BCUT2D eigenvalue weighted by Gasteiger charge is -2.36. The molecule has 0 unspecified atom stereocenters. The predicted octanol–water partition coefficient (Wildman–Crippen LogP) is 6.18. The van der Waals surface area contributed by atoms with Gasteiger partial charge in [-0.2, -0.15) is 0 Å². The summed E-state index contributed by atoms with van der Waals surface area (Å²) in [5.41, 5.74) is 4.30. The van der Waals surface area contributed by atoms with E-state index in [4.69, 9.17) is 27.9 Å². The maximum absolute atomic E-state index is 12.8. The van der Waals surface area contributed by atoms with Gasteiger partial charge in [0.15, 0.2) is 0 Å². The quantitative estimate of drug-likeness (QED) is 0.365. The Hall–Kier alpha value is -3.48. The maximum Gasteiger partial charge on any atom is 0.253 e. The number of ether oxygens (including phenoxy) is 1. The first-order valence-corrected chi connectivity index (χ1v) is 12.9. The van der Waals surface area contributed by atoms with Gasteiger partial charge in [0.25, 0.3) is 5.91 Å². The van der Waals surface area contributed by atoms with Crippen LogP contribution in [0.5, 0.6) is 5.75 Å². The fourth-order valence-electron chi connectivity index (χ4n) is 4.26. The highest BCUT2D eigenvalue weighted by Gasteiger charge is 2.22. The summed E-state index contributed by atoms with van der Waals surface area (Å²) in [4.78, 5) is 29.4. The number of carbonyl (C=O) groups excluding carboxylic acids is 2. The second-order valence-electron chi connectivity index (χ2n) is 8.71. The number of nitrogens with zero attached hydrogens (tertiary/aromatic N) is 2. The Morgan fingerprint density at radius 1 is 0.973 bits per heavy atom. The van der Waals surface area contributed by atoms with E-state index < -0.39 is 0 Å². The van der Waals surface area contributed by atoms with E-state index in [9.17, 15) is 9.59 Å². The average molecular weight is 538 g/mol. The zero-order valence-electron chi connectivity index (χ0n) is 20.8. The van der Waals surface area contributed by atoms with E-state index in [0.29, 0.717) is 40.1 Å². The minimum absolute atomic E-state index is 0.0751. The van der Waals surface area contributed by atoms with Crippen molar-refractivity contribution in [2.24, 2.45) is 0 Å². The van der Waals surface area contributed by atoms with E-state index in [1.807, 2.05) is 53.4 Å². The highest BCUT2D eigenvalue weighted by atomic mass is 35.5. The molecule has 1 fully saturated rings. The fourth-order valence-corrected chi connectivity index (χ4v) is 4.84. The first-order valence-electron chi connectivity index (χ1n) is 12.1. The van der Waals surface area contributed by atoms with Crippen molar-refractivity contribution in [1.82, 2.24) is 4.90 Å². The number of benzene rings is 3. The van der Waals surface area contributed by atoms with Crippen LogP contribution >= 0.6 is 23.2 Å². The number of amides is 2. The average Bonchev–Trinajstić information content (AvgIpc) is 2.92. The number of methoxy groups -OCH3 is 1. The summed E-state index contributed by atoms with van der Waals surface area (Å²) in [6, 6.07) is 18.8. The first-order chi connectivity index (χ1) is 17.9. The summed E-state index contributed by atoms with van der Waals surface area (Å²) in [6.45, 7) is 4.92. The molecule has 8 heteroatoms. The van der Waals surface area contributed by atoms with Crippen LogP contribution in [0.1, 0.15) is 28.4 Å². The Labute approximate surface area is 227 Å². The molecule has 6 nitrogen and oxygen atoms in total. The summed E-state index contributed by atoms with van der Waals surface area (Å²) in [5, 5.41) is 3.69. The predicted molar refractivity (Wildman–Crippen MR) is 151 cm³/mol. The molecule has 0 atom stereocenters. The Kier molecular flexibility index (Phi) is 8.74. The number of aryl methyl sites for hydroxylation is 1. The van der Waals surface area contributed by atoms with Gasteiger partial charge >= 0.3 is 0 Å². The lowest BCUT2D eigenvalue weighted by atomic mass is 10.1. The van der Waals surface area contributed by atoms with Crippen molar-refractivity contribution in [2.75, 3.05) is 43.5 Å². The molecule has 0 aromatic heterocycles. The molecule has 3 aromatic rings. The fraction of sp³-hybridized carbons (Fsp3) is 0.241. The van der Waals surface area contributed by atoms with Crippen molar-refractivity contribution >= 4 is 52.5 Å². The van der Waals surface area contributed by atoms with E-state index in [1.54, 1.807) is 18.2 Å². The molecule has 4 rings (SSSR count). The van der Waals surface area contributed by atoms with Crippen molar-refractivity contribution in [3.05, 3.63) is 93.5 Å². The highest BCUT2D eigenvalue weighted by Crippen LogP contribution is 2.33. The number of anilines is 2. The monoisotopic (exact) mass is 537 g/mol. The molecular formula is C29H29Cl2N3O3. The molecule has 37 heavy (non-hydrogen) atoms. The third-order valence-corrected chi connectivity index (χ3v) is 6.83. The van der Waals surface area contributed by atoms with E-state index in [-0.39, 0.29) is 11.8 Å². The van der Waals surface area contributed by atoms with E-state index in [0.717, 1.165) is 30.8 Å². The zero-order valence-corrected chi connectivity index (χ0v) is 22.4. The minimum Gasteiger partial charge on any atom is -0.495 e. The molecule has 0 radical (unpaired) electrons. The van der Waals surface area contributed by atoms with Gasteiger partial charge in [-0.1, -0.05) is 42.3 Å². The number of piperazine rings is 1. The molecule has 0 bridgehead atoms. The topological polar surface area (TPSA) is 61.9 Å². The third-order valence-electron chi connectivity index (χ3n) is 6.33. The van der Waals surface area contributed by atoms with Crippen LogP contribution < -0.4 is 15.0 Å². The van der Waals surface area contributed by atoms with Crippen LogP contribution in [-0.4, -0.2) is 50.0 Å². The van der Waals surface area contributed by atoms with Crippen molar-refractivity contribution in [3.8, 4) is 5.75 Å².